The van der Waals surface area contributed by atoms with Gasteiger partial charge in [0, 0.05) is 36.2 Å². The summed E-state index contributed by atoms with van der Waals surface area (Å²) in [5, 5.41) is 16.2. The number of nitrogens with two attached hydrogens (primary N) is 1. The Morgan fingerprint density at radius 3 is 2.73 bits per heavy atom. The van der Waals surface area contributed by atoms with Crippen molar-refractivity contribution in [1.82, 2.24) is 10.3 Å². The SMILES string of the molecule is CC1(C)CCCc2cc(-c3csc(N4CCC(CCN)(NCCCCCO)CC4)n3)ccc21. The minimum absolute atomic E-state index is 0.149. The van der Waals surface area contributed by atoms with E-state index in [4.69, 9.17) is 15.8 Å². The van der Waals surface area contributed by atoms with E-state index in [9.17, 15) is 0 Å². The molecule has 1 aliphatic carbocycles. The molecule has 182 valence electrons. The monoisotopic (exact) mass is 470 g/mol. The van der Waals surface area contributed by atoms with E-state index in [1.807, 2.05) is 0 Å². The maximum Gasteiger partial charge on any atom is 0.185 e. The van der Waals surface area contributed by atoms with Crippen molar-refractivity contribution in [2.24, 2.45) is 5.73 Å². The van der Waals surface area contributed by atoms with Crippen molar-refractivity contribution in [3.05, 3.63) is 34.7 Å². The highest BCUT2D eigenvalue weighted by Gasteiger charge is 2.34. The zero-order valence-corrected chi connectivity index (χ0v) is 21.4. The van der Waals surface area contributed by atoms with Gasteiger partial charge in [0.2, 0.25) is 0 Å². The van der Waals surface area contributed by atoms with Gasteiger partial charge in [-0.05, 0) is 93.5 Å². The van der Waals surface area contributed by atoms with Crippen LogP contribution in [0, 0.1) is 0 Å². The van der Waals surface area contributed by atoms with E-state index in [1.54, 1.807) is 11.3 Å². The predicted molar refractivity (Wildman–Crippen MR) is 140 cm³/mol. The van der Waals surface area contributed by atoms with Gasteiger partial charge >= 0.3 is 0 Å². The lowest BCUT2D eigenvalue weighted by Gasteiger charge is -2.42. The minimum atomic E-state index is 0.149. The van der Waals surface area contributed by atoms with Gasteiger partial charge in [-0.25, -0.2) is 4.98 Å². The number of aromatic nitrogens is 1. The van der Waals surface area contributed by atoms with Crippen LogP contribution in [0.4, 0.5) is 5.13 Å². The zero-order valence-electron chi connectivity index (χ0n) is 20.5. The van der Waals surface area contributed by atoms with Crippen LogP contribution in [0.25, 0.3) is 11.3 Å². The third kappa shape index (κ3) is 5.79. The van der Waals surface area contributed by atoms with Gasteiger partial charge in [-0.2, -0.15) is 0 Å². The molecular weight excluding hydrogens is 428 g/mol. The molecule has 5 nitrogen and oxygen atoms in total. The number of hydrogen-bond donors (Lipinski definition) is 3. The average Bonchev–Trinajstić information content (AvgIpc) is 3.30. The van der Waals surface area contributed by atoms with E-state index < -0.39 is 0 Å². The summed E-state index contributed by atoms with van der Waals surface area (Å²) in [5.41, 5.74) is 11.8. The Kier molecular flexibility index (Phi) is 8.11. The quantitative estimate of drug-likeness (QED) is 0.432. The summed E-state index contributed by atoms with van der Waals surface area (Å²) in [6.07, 6.45) is 10.1. The average molecular weight is 471 g/mol. The standard InChI is InChI=1S/C27H42N4OS/c1-26(2)10-6-7-21-19-22(8-9-23(21)26)24-20-33-25(30-24)31-16-12-27(11-14-28,13-17-31)29-15-4-3-5-18-32/h8-9,19-20,29,32H,3-7,10-18,28H2,1-2H3. The molecule has 1 aromatic carbocycles. The van der Waals surface area contributed by atoms with Crippen LogP contribution >= 0.6 is 11.3 Å². The number of aryl methyl sites for hydroxylation is 1. The number of fused-ring (bicyclic) bond motifs is 1. The van der Waals surface area contributed by atoms with Crippen LogP contribution in [0.1, 0.15) is 76.3 Å². The first-order valence-electron chi connectivity index (χ1n) is 12.9. The van der Waals surface area contributed by atoms with Gasteiger partial charge < -0.3 is 21.1 Å². The van der Waals surface area contributed by atoms with Gasteiger partial charge in [-0.15, -0.1) is 11.3 Å². The molecule has 4 N–H and O–H groups in total. The fourth-order valence-corrected chi connectivity index (χ4v) is 6.59. The number of aliphatic hydroxyl groups excluding tert-OH is 1. The van der Waals surface area contributed by atoms with E-state index in [0.717, 1.165) is 75.5 Å². The molecule has 0 radical (unpaired) electrons. The number of aliphatic hydroxyl groups is 1. The van der Waals surface area contributed by atoms with Gasteiger partial charge in [0.15, 0.2) is 5.13 Å². The summed E-state index contributed by atoms with van der Waals surface area (Å²) in [5.74, 6) is 0. The van der Waals surface area contributed by atoms with E-state index >= 15 is 0 Å². The second-order valence-corrected chi connectivity index (χ2v) is 11.5. The van der Waals surface area contributed by atoms with Crippen LogP contribution in [-0.4, -0.2) is 48.4 Å². The van der Waals surface area contributed by atoms with Crippen molar-refractivity contribution in [2.45, 2.75) is 82.6 Å². The maximum absolute atomic E-state index is 8.99. The molecule has 0 unspecified atom stereocenters. The van der Waals surface area contributed by atoms with Crippen molar-refractivity contribution in [3.8, 4) is 11.3 Å². The third-order valence-corrected chi connectivity index (χ3v) is 8.72. The summed E-state index contributed by atoms with van der Waals surface area (Å²) >= 11 is 1.77. The molecule has 1 fully saturated rings. The highest BCUT2D eigenvalue weighted by atomic mass is 32.1. The molecule has 0 spiro atoms. The van der Waals surface area contributed by atoms with Crippen molar-refractivity contribution in [2.75, 3.05) is 37.7 Å². The van der Waals surface area contributed by atoms with E-state index in [1.165, 1.54) is 36.0 Å². The summed E-state index contributed by atoms with van der Waals surface area (Å²) in [6, 6.07) is 7.00. The van der Waals surface area contributed by atoms with Crippen LogP contribution in [0.5, 0.6) is 0 Å². The minimum Gasteiger partial charge on any atom is -0.396 e. The summed E-state index contributed by atoms with van der Waals surface area (Å²) < 4.78 is 0. The Hall–Kier alpha value is -1.47. The van der Waals surface area contributed by atoms with E-state index in [0.29, 0.717) is 6.61 Å². The largest absolute Gasteiger partial charge is 0.396 e. The third-order valence-electron chi connectivity index (χ3n) is 7.82. The Balaban J connectivity index is 1.38. The summed E-state index contributed by atoms with van der Waals surface area (Å²) in [4.78, 5) is 7.51. The van der Waals surface area contributed by atoms with Gasteiger partial charge in [-0.1, -0.05) is 26.0 Å². The Labute approximate surface area is 203 Å². The molecule has 6 heteroatoms. The lowest BCUT2D eigenvalue weighted by Crippen LogP contribution is -2.54. The highest BCUT2D eigenvalue weighted by molar-refractivity contribution is 7.14. The van der Waals surface area contributed by atoms with Crippen LogP contribution in [0.3, 0.4) is 0 Å². The molecule has 4 rings (SSSR count). The topological polar surface area (TPSA) is 74.4 Å². The maximum atomic E-state index is 8.99. The van der Waals surface area contributed by atoms with Crippen LogP contribution in [0.15, 0.2) is 23.6 Å². The molecule has 0 bridgehead atoms. The molecule has 0 amide bonds. The number of unbranched alkanes of at least 4 members (excludes halogenated alkanes) is 2. The summed E-state index contributed by atoms with van der Waals surface area (Å²) in [6.45, 7) is 8.82. The van der Waals surface area contributed by atoms with Gasteiger partial charge in [0.1, 0.15) is 0 Å². The van der Waals surface area contributed by atoms with Gasteiger partial charge in [0.25, 0.3) is 0 Å². The second-order valence-electron chi connectivity index (χ2n) is 10.6. The molecular formula is C27H42N4OS. The van der Waals surface area contributed by atoms with E-state index in [-0.39, 0.29) is 11.0 Å². The van der Waals surface area contributed by atoms with Crippen molar-refractivity contribution in [1.29, 1.82) is 0 Å². The number of nitrogens with zero attached hydrogens (tertiary/aromatic N) is 2. The fraction of sp³-hybridized carbons (Fsp3) is 0.667. The lowest BCUT2D eigenvalue weighted by molar-refractivity contribution is 0.240. The highest BCUT2D eigenvalue weighted by Crippen LogP contribution is 2.39. The van der Waals surface area contributed by atoms with Crippen LogP contribution in [-0.2, 0) is 11.8 Å². The molecule has 33 heavy (non-hydrogen) atoms. The molecule has 2 aliphatic rings. The predicted octanol–water partition coefficient (Wildman–Crippen LogP) is 4.86. The fourth-order valence-electron chi connectivity index (χ4n) is 5.70. The first-order valence-corrected chi connectivity index (χ1v) is 13.7. The molecule has 1 aromatic heterocycles. The van der Waals surface area contributed by atoms with Crippen molar-refractivity contribution >= 4 is 16.5 Å². The van der Waals surface area contributed by atoms with E-state index in [2.05, 4.69) is 47.6 Å². The number of hydrogen-bond acceptors (Lipinski definition) is 6. The number of benzene rings is 1. The zero-order chi connectivity index (χ0) is 23.3. The second kappa shape index (κ2) is 10.9. The number of nitrogens with one attached hydrogen (secondary N) is 1. The molecule has 0 saturated carbocycles. The van der Waals surface area contributed by atoms with Crippen LogP contribution < -0.4 is 16.0 Å². The molecule has 2 heterocycles. The smallest absolute Gasteiger partial charge is 0.185 e. The molecule has 0 atom stereocenters. The number of thiazole rings is 1. The molecule has 1 aliphatic heterocycles. The first kappa shape index (κ1) is 24.6. The number of anilines is 1. The number of rotatable bonds is 10. The first-order chi connectivity index (χ1) is 16.0. The Morgan fingerprint density at radius 2 is 1.97 bits per heavy atom. The van der Waals surface area contributed by atoms with Gasteiger partial charge in [-0.3, -0.25) is 0 Å². The van der Waals surface area contributed by atoms with Crippen molar-refractivity contribution in [3.63, 3.8) is 0 Å². The van der Waals surface area contributed by atoms with Gasteiger partial charge in [0.05, 0.1) is 5.69 Å². The summed E-state index contributed by atoms with van der Waals surface area (Å²) in [7, 11) is 0. The molecule has 2 aromatic rings. The van der Waals surface area contributed by atoms with Crippen molar-refractivity contribution < 1.29 is 5.11 Å². The van der Waals surface area contributed by atoms with Crippen LogP contribution in [0.2, 0.25) is 0 Å². The lowest BCUT2D eigenvalue weighted by atomic mass is 9.72. The number of piperidine rings is 1. The Bertz CT molecular complexity index is 901. The normalized spacial score (nSPS) is 19.5. The Morgan fingerprint density at radius 1 is 1.15 bits per heavy atom. The molecule has 1 saturated heterocycles.